The SMILES string of the molecule is c1ccc(COC(c2ccccc2)c2ccccc2)cc1. The minimum Gasteiger partial charge on any atom is -0.364 e. The van der Waals surface area contributed by atoms with E-state index in [1.54, 1.807) is 0 Å². The van der Waals surface area contributed by atoms with Gasteiger partial charge in [0.1, 0.15) is 6.10 Å². The molecule has 21 heavy (non-hydrogen) atoms. The molecule has 3 aromatic carbocycles. The summed E-state index contributed by atoms with van der Waals surface area (Å²) in [5, 5.41) is 0. The molecule has 0 unspecified atom stereocenters. The Kier molecular flexibility index (Phi) is 4.45. The van der Waals surface area contributed by atoms with E-state index in [1.165, 1.54) is 16.7 Å². The topological polar surface area (TPSA) is 9.23 Å². The van der Waals surface area contributed by atoms with Crippen molar-refractivity contribution in [2.75, 3.05) is 0 Å². The Hall–Kier alpha value is -2.38. The Morgan fingerprint density at radius 1 is 0.571 bits per heavy atom. The third kappa shape index (κ3) is 3.59. The van der Waals surface area contributed by atoms with Gasteiger partial charge in [-0.15, -0.1) is 0 Å². The third-order valence-electron chi connectivity index (χ3n) is 3.46. The first kappa shape index (κ1) is 13.6. The molecule has 0 radical (unpaired) electrons. The van der Waals surface area contributed by atoms with Gasteiger partial charge in [-0.3, -0.25) is 0 Å². The summed E-state index contributed by atoms with van der Waals surface area (Å²) in [5.41, 5.74) is 3.55. The van der Waals surface area contributed by atoms with Crippen LogP contribution in [-0.2, 0) is 11.3 Å². The highest BCUT2D eigenvalue weighted by Gasteiger charge is 2.14. The molecule has 0 saturated carbocycles. The second kappa shape index (κ2) is 6.87. The van der Waals surface area contributed by atoms with Gasteiger partial charge in [-0.05, 0) is 16.7 Å². The molecular formula is C20H18O. The minimum atomic E-state index is -0.0346. The summed E-state index contributed by atoms with van der Waals surface area (Å²) in [7, 11) is 0. The molecule has 0 amide bonds. The molecule has 0 aliphatic carbocycles. The number of ether oxygens (including phenoxy) is 1. The number of rotatable bonds is 5. The summed E-state index contributed by atoms with van der Waals surface area (Å²) in [6.07, 6.45) is -0.0346. The fourth-order valence-electron chi connectivity index (χ4n) is 2.39. The summed E-state index contributed by atoms with van der Waals surface area (Å²) in [6, 6.07) is 31.0. The van der Waals surface area contributed by atoms with E-state index in [9.17, 15) is 0 Å². The fraction of sp³-hybridized carbons (Fsp3) is 0.100. The molecule has 3 rings (SSSR count). The summed E-state index contributed by atoms with van der Waals surface area (Å²) in [4.78, 5) is 0. The summed E-state index contributed by atoms with van der Waals surface area (Å²) < 4.78 is 6.20. The van der Waals surface area contributed by atoms with Gasteiger partial charge in [-0.2, -0.15) is 0 Å². The second-order valence-electron chi connectivity index (χ2n) is 5.00. The summed E-state index contributed by atoms with van der Waals surface area (Å²) in [5.74, 6) is 0. The van der Waals surface area contributed by atoms with E-state index in [0.29, 0.717) is 6.61 Å². The first-order chi connectivity index (χ1) is 10.4. The van der Waals surface area contributed by atoms with Crippen LogP contribution in [-0.4, -0.2) is 0 Å². The van der Waals surface area contributed by atoms with Gasteiger partial charge >= 0.3 is 0 Å². The van der Waals surface area contributed by atoms with Gasteiger partial charge in [0.2, 0.25) is 0 Å². The largest absolute Gasteiger partial charge is 0.364 e. The quantitative estimate of drug-likeness (QED) is 0.636. The minimum absolute atomic E-state index is 0.0346. The van der Waals surface area contributed by atoms with Crippen LogP contribution in [0.5, 0.6) is 0 Å². The molecule has 1 nitrogen and oxygen atoms in total. The van der Waals surface area contributed by atoms with Crippen LogP contribution in [0.2, 0.25) is 0 Å². The molecule has 0 fully saturated rings. The third-order valence-corrected chi connectivity index (χ3v) is 3.46. The molecule has 3 aromatic rings. The van der Waals surface area contributed by atoms with E-state index >= 15 is 0 Å². The summed E-state index contributed by atoms with van der Waals surface area (Å²) in [6.45, 7) is 0.606. The highest BCUT2D eigenvalue weighted by molar-refractivity contribution is 5.30. The second-order valence-corrected chi connectivity index (χ2v) is 5.00. The molecule has 1 heteroatoms. The molecule has 0 aliphatic heterocycles. The maximum Gasteiger partial charge on any atom is 0.108 e. The van der Waals surface area contributed by atoms with Crippen molar-refractivity contribution in [2.24, 2.45) is 0 Å². The molecule has 0 heterocycles. The predicted octanol–water partition coefficient (Wildman–Crippen LogP) is 4.99. The van der Waals surface area contributed by atoms with Crippen LogP contribution in [0, 0.1) is 0 Å². The molecule has 0 N–H and O–H groups in total. The van der Waals surface area contributed by atoms with E-state index in [1.807, 2.05) is 30.3 Å². The van der Waals surface area contributed by atoms with Crippen molar-refractivity contribution in [2.45, 2.75) is 12.7 Å². The Morgan fingerprint density at radius 2 is 1.00 bits per heavy atom. The Balaban J connectivity index is 1.83. The van der Waals surface area contributed by atoms with E-state index in [0.717, 1.165) is 0 Å². The van der Waals surface area contributed by atoms with E-state index in [4.69, 9.17) is 4.74 Å². The molecule has 0 aromatic heterocycles. The molecule has 104 valence electrons. The van der Waals surface area contributed by atoms with Crippen molar-refractivity contribution < 1.29 is 4.74 Å². The van der Waals surface area contributed by atoms with Crippen LogP contribution < -0.4 is 0 Å². The molecule has 0 aliphatic rings. The van der Waals surface area contributed by atoms with Crippen molar-refractivity contribution >= 4 is 0 Å². The first-order valence-corrected chi connectivity index (χ1v) is 7.19. The van der Waals surface area contributed by atoms with Gasteiger partial charge in [0.15, 0.2) is 0 Å². The van der Waals surface area contributed by atoms with Gasteiger partial charge < -0.3 is 4.74 Å². The lowest BCUT2D eigenvalue weighted by atomic mass is 10.0. The highest BCUT2D eigenvalue weighted by atomic mass is 16.5. The Labute approximate surface area is 125 Å². The summed E-state index contributed by atoms with van der Waals surface area (Å²) >= 11 is 0. The maximum atomic E-state index is 6.20. The van der Waals surface area contributed by atoms with Crippen molar-refractivity contribution in [3.8, 4) is 0 Å². The van der Waals surface area contributed by atoms with Gasteiger partial charge in [-0.25, -0.2) is 0 Å². The van der Waals surface area contributed by atoms with Crippen molar-refractivity contribution in [1.82, 2.24) is 0 Å². The van der Waals surface area contributed by atoms with Crippen molar-refractivity contribution in [3.63, 3.8) is 0 Å². The zero-order valence-corrected chi connectivity index (χ0v) is 11.9. The molecule has 0 atom stereocenters. The lowest BCUT2D eigenvalue weighted by Gasteiger charge is -2.19. The van der Waals surface area contributed by atoms with Crippen LogP contribution in [0.25, 0.3) is 0 Å². The molecule has 0 bridgehead atoms. The molecular weight excluding hydrogens is 256 g/mol. The van der Waals surface area contributed by atoms with Crippen LogP contribution in [0.3, 0.4) is 0 Å². The van der Waals surface area contributed by atoms with Crippen molar-refractivity contribution in [1.29, 1.82) is 0 Å². The van der Waals surface area contributed by atoms with Crippen LogP contribution in [0.1, 0.15) is 22.8 Å². The first-order valence-electron chi connectivity index (χ1n) is 7.19. The van der Waals surface area contributed by atoms with E-state index in [2.05, 4.69) is 60.7 Å². The number of benzene rings is 3. The number of hydrogen-bond acceptors (Lipinski definition) is 1. The maximum absolute atomic E-state index is 6.20. The molecule has 0 spiro atoms. The zero-order chi connectivity index (χ0) is 14.3. The van der Waals surface area contributed by atoms with E-state index in [-0.39, 0.29) is 6.10 Å². The lowest BCUT2D eigenvalue weighted by Crippen LogP contribution is -2.06. The average molecular weight is 274 g/mol. The van der Waals surface area contributed by atoms with Gasteiger partial charge in [0, 0.05) is 0 Å². The average Bonchev–Trinajstić information content (AvgIpc) is 2.58. The Morgan fingerprint density at radius 3 is 1.48 bits per heavy atom. The smallest absolute Gasteiger partial charge is 0.108 e. The Bertz CT molecular complexity index is 608. The van der Waals surface area contributed by atoms with Crippen LogP contribution in [0.4, 0.5) is 0 Å². The normalized spacial score (nSPS) is 10.7. The van der Waals surface area contributed by atoms with Gasteiger partial charge in [-0.1, -0.05) is 91.0 Å². The number of hydrogen-bond donors (Lipinski definition) is 0. The van der Waals surface area contributed by atoms with Gasteiger partial charge in [0.05, 0.1) is 6.61 Å². The fourth-order valence-corrected chi connectivity index (χ4v) is 2.39. The highest BCUT2D eigenvalue weighted by Crippen LogP contribution is 2.26. The van der Waals surface area contributed by atoms with Gasteiger partial charge in [0.25, 0.3) is 0 Å². The predicted molar refractivity (Wildman–Crippen MR) is 86.0 cm³/mol. The van der Waals surface area contributed by atoms with Crippen LogP contribution >= 0.6 is 0 Å². The standard InChI is InChI=1S/C20H18O/c1-4-10-17(11-5-1)16-21-20(18-12-6-2-7-13-18)19-14-8-3-9-15-19/h1-15,20H,16H2. The zero-order valence-electron chi connectivity index (χ0n) is 11.9. The molecule has 0 saturated heterocycles. The monoisotopic (exact) mass is 274 g/mol. The van der Waals surface area contributed by atoms with Crippen LogP contribution in [0.15, 0.2) is 91.0 Å². The lowest BCUT2D eigenvalue weighted by molar-refractivity contribution is 0.0667. The van der Waals surface area contributed by atoms with E-state index < -0.39 is 0 Å². The van der Waals surface area contributed by atoms with Crippen molar-refractivity contribution in [3.05, 3.63) is 108 Å².